The second-order valence-electron chi connectivity index (χ2n) is 7.85. The average Bonchev–Trinajstić information content (AvgIpc) is 3.47. The van der Waals surface area contributed by atoms with Gasteiger partial charge in [0, 0.05) is 0 Å². The Labute approximate surface area is 171 Å². The number of hydrogen-bond acceptors (Lipinski definition) is 5. The van der Waals surface area contributed by atoms with Gasteiger partial charge in [-0.3, -0.25) is 9.59 Å². The van der Waals surface area contributed by atoms with Crippen LogP contribution in [0.2, 0.25) is 0 Å². The van der Waals surface area contributed by atoms with Crippen molar-refractivity contribution in [2.24, 2.45) is 40.6 Å². The van der Waals surface area contributed by atoms with E-state index in [1.54, 1.807) is 13.2 Å². The molecule has 1 aliphatic heterocycles. The van der Waals surface area contributed by atoms with Crippen molar-refractivity contribution in [1.82, 2.24) is 5.01 Å². The molecule has 6 atom stereocenters. The van der Waals surface area contributed by atoms with Crippen molar-refractivity contribution in [3.63, 3.8) is 0 Å². The van der Waals surface area contributed by atoms with E-state index in [1.165, 1.54) is 6.21 Å². The highest BCUT2D eigenvalue weighted by Gasteiger charge is 2.67. The van der Waals surface area contributed by atoms with Crippen LogP contribution in [0.4, 0.5) is 0 Å². The summed E-state index contributed by atoms with van der Waals surface area (Å²) in [5.74, 6) is 1.98. The van der Waals surface area contributed by atoms with Crippen molar-refractivity contribution in [2.75, 3.05) is 13.7 Å². The van der Waals surface area contributed by atoms with Crippen molar-refractivity contribution < 1.29 is 19.1 Å². The quantitative estimate of drug-likeness (QED) is 0.397. The molecule has 2 bridgehead atoms. The molecule has 5 aliphatic rings. The molecule has 0 radical (unpaired) electrons. The van der Waals surface area contributed by atoms with Crippen LogP contribution in [0.1, 0.15) is 18.9 Å². The maximum absolute atomic E-state index is 13.0. The van der Waals surface area contributed by atoms with Crippen LogP contribution in [-0.2, 0) is 9.59 Å². The van der Waals surface area contributed by atoms with Crippen LogP contribution in [0, 0.1) is 35.5 Å². The lowest BCUT2D eigenvalue weighted by Gasteiger charge is -2.37. The van der Waals surface area contributed by atoms with Gasteiger partial charge in [-0.25, -0.2) is 0 Å². The smallest absolute Gasteiger partial charge is 0.254 e. The molecule has 1 saturated heterocycles. The summed E-state index contributed by atoms with van der Waals surface area (Å²) >= 11 is 3.48. The van der Waals surface area contributed by atoms with Gasteiger partial charge in [-0.2, -0.15) is 10.1 Å². The van der Waals surface area contributed by atoms with Crippen molar-refractivity contribution in [3.8, 4) is 11.5 Å². The fourth-order valence-corrected chi connectivity index (χ4v) is 5.85. The van der Waals surface area contributed by atoms with E-state index in [0.717, 1.165) is 15.9 Å². The van der Waals surface area contributed by atoms with Gasteiger partial charge in [0.25, 0.3) is 11.8 Å². The normalized spacial score (nSPS) is 34.8. The van der Waals surface area contributed by atoms with E-state index >= 15 is 0 Å². The second-order valence-corrected chi connectivity index (χ2v) is 8.71. The number of amides is 2. The lowest BCUT2D eigenvalue weighted by atomic mass is 9.63. The number of nitrogens with zero attached hydrogens (tertiary/aromatic N) is 2. The summed E-state index contributed by atoms with van der Waals surface area (Å²) in [5.41, 5.74) is 0.714. The predicted molar refractivity (Wildman–Crippen MR) is 106 cm³/mol. The number of methoxy groups -OCH3 is 1. The minimum atomic E-state index is -0.231. The van der Waals surface area contributed by atoms with Crippen LogP contribution in [0.3, 0.4) is 0 Å². The topological polar surface area (TPSA) is 68.2 Å². The number of benzene rings is 1. The summed E-state index contributed by atoms with van der Waals surface area (Å²) in [7, 11) is 1.57. The molecule has 3 fully saturated rings. The van der Waals surface area contributed by atoms with Crippen molar-refractivity contribution in [2.45, 2.75) is 13.3 Å². The van der Waals surface area contributed by atoms with E-state index in [9.17, 15) is 9.59 Å². The monoisotopic (exact) mass is 444 g/mol. The highest BCUT2D eigenvalue weighted by Crippen LogP contribution is 2.65. The number of halogens is 1. The van der Waals surface area contributed by atoms with Gasteiger partial charge in [0.15, 0.2) is 11.5 Å². The standard InChI is InChI=1S/C21H21BrN2O4/c1-3-28-19-15(22)6-10(7-16(19)27-2)9-23-24-20(25)17-11-4-5-12(14-8-13(11)14)18(17)21(24)26/h4-7,9,11-14,17-18H,3,8H2,1-2H3/b23-9-/t11-,12+,13-,14-,17+,18+/m1/s1. The number of carbonyl (C=O) groups excluding carboxylic acids is 2. The van der Waals surface area contributed by atoms with Crippen LogP contribution in [0.5, 0.6) is 11.5 Å². The first-order valence-corrected chi connectivity index (χ1v) is 10.4. The van der Waals surface area contributed by atoms with Gasteiger partial charge in [-0.1, -0.05) is 12.2 Å². The minimum absolute atomic E-state index is 0.159. The molecule has 6 nitrogen and oxygen atoms in total. The Bertz CT molecular complexity index is 891. The van der Waals surface area contributed by atoms with Gasteiger partial charge in [-0.15, -0.1) is 0 Å². The Morgan fingerprint density at radius 1 is 1.18 bits per heavy atom. The van der Waals surface area contributed by atoms with E-state index in [-0.39, 0.29) is 35.5 Å². The third-order valence-corrected chi connectivity index (χ3v) is 7.09. The molecule has 146 valence electrons. The molecule has 28 heavy (non-hydrogen) atoms. The zero-order chi connectivity index (χ0) is 19.6. The molecule has 1 aromatic rings. The Balaban J connectivity index is 1.41. The number of allylic oxidation sites excluding steroid dienone is 2. The number of rotatable bonds is 5. The Kier molecular flexibility index (Phi) is 4.12. The molecule has 1 aromatic carbocycles. The zero-order valence-corrected chi connectivity index (χ0v) is 17.3. The first-order chi connectivity index (χ1) is 13.5. The largest absolute Gasteiger partial charge is 0.493 e. The molecule has 2 saturated carbocycles. The SMILES string of the molecule is CCOc1c(Br)cc(/C=N\N2C(=O)[C@H]3[C@@H]4C=C[C@@H]([C@H]5C[C@H]45)[C@@H]3C2=O)cc1OC. The highest BCUT2D eigenvalue weighted by atomic mass is 79.9. The van der Waals surface area contributed by atoms with E-state index in [2.05, 4.69) is 33.2 Å². The molecule has 0 N–H and O–H groups in total. The molecule has 7 heteroatoms. The molecule has 2 amide bonds. The lowest BCUT2D eigenvalue weighted by molar-refractivity contribution is -0.140. The van der Waals surface area contributed by atoms with E-state index < -0.39 is 0 Å². The van der Waals surface area contributed by atoms with Crippen molar-refractivity contribution in [1.29, 1.82) is 0 Å². The number of hydrogen-bond donors (Lipinski definition) is 0. The van der Waals surface area contributed by atoms with Crippen LogP contribution >= 0.6 is 15.9 Å². The predicted octanol–water partition coefficient (Wildman–Crippen LogP) is 3.24. The van der Waals surface area contributed by atoms with Gasteiger partial charge in [0.05, 0.1) is 36.2 Å². The Morgan fingerprint density at radius 3 is 2.39 bits per heavy atom. The third-order valence-electron chi connectivity index (χ3n) is 6.50. The maximum atomic E-state index is 13.0. The fraction of sp³-hybridized carbons (Fsp3) is 0.476. The van der Waals surface area contributed by atoms with Crippen molar-refractivity contribution >= 4 is 34.0 Å². The molecule has 6 rings (SSSR count). The van der Waals surface area contributed by atoms with Gasteiger partial charge in [-0.05, 0) is 70.6 Å². The summed E-state index contributed by atoms with van der Waals surface area (Å²) in [6.45, 7) is 2.41. The number of hydrazone groups is 1. The summed E-state index contributed by atoms with van der Waals surface area (Å²) in [6, 6.07) is 3.60. The number of carbonyl (C=O) groups is 2. The molecule has 0 spiro atoms. The first kappa shape index (κ1) is 17.9. The van der Waals surface area contributed by atoms with E-state index in [1.807, 2.05) is 13.0 Å². The van der Waals surface area contributed by atoms with Gasteiger partial charge < -0.3 is 9.47 Å². The molecular formula is C21H21BrN2O4. The molecule has 0 aromatic heterocycles. The molecule has 0 unspecified atom stereocenters. The summed E-state index contributed by atoms with van der Waals surface area (Å²) < 4.78 is 11.7. The lowest BCUT2D eigenvalue weighted by Crippen LogP contribution is -2.40. The summed E-state index contributed by atoms with van der Waals surface area (Å²) in [4.78, 5) is 25.9. The maximum Gasteiger partial charge on any atom is 0.254 e. The van der Waals surface area contributed by atoms with Gasteiger partial charge in [0.2, 0.25) is 0 Å². The first-order valence-electron chi connectivity index (χ1n) is 9.65. The highest BCUT2D eigenvalue weighted by molar-refractivity contribution is 9.10. The molecule has 4 aliphatic carbocycles. The number of imide groups is 1. The summed E-state index contributed by atoms with van der Waals surface area (Å²) in [6.07, 6.45) is 7.00. The summed E-state index contributed by atoms with van der Waals surface area (Å²) in [5, 5.41) is 5.36. The van der Waals surface area contributed by atoms with Crippen LogP contribution in [0.25, 0.3) is 0 Å². The number of ether oxygens (including phenoxy) is 2. The van der Waals surface area contributed by atoms with Crippen LogP contribution in [-0.4, -0.2) is 36.8 Å². The third kappa shape index (κ3) is 2.48. The van der Waals surface area contributed by atoms with E-state index in [4.69, 9.17) is 9.47 Å². The Morgan fingerprint density at radius 2 is 1.82 bits per heavy atom. The average molecular weight is 445 g/mol. The minimum Gasteiger partial charge on any atom is -0.493 e. The second kappa shape index (κ2) is 6.44. The van der Waals surface area contributed by atoms with Crippen LogP contribution < -0.4 is 9.47 Å². The van der Waals surface area contributed by atoms with Gasteiger partial charge >= 0.3 is 0 Å². The Hall–Kier alpha value is -2.15. The van der Waals surface area contributed by atoms with Crippen LogP contribution in [0.15, 0.2) is 33.9 Å². The fourth-order valence-electron chi connectivity index (χ4n) is 5.28. The molecular weight excluding hydrogens is 424 g/mol. The molecule has 1 heterocycles. The van der Waals surface area contributed by atoms with Crippen molar-refractivity contribution in [3.05, 3.63) is 34.3 Å². The van der Waals surface area contributed by atoms with Gasteiger partial charge in [0.1, 0.15) is 0 Å². The van der Waals surface area contributed by atoms with E-state index in [0.29, 0.717) is 35.5 Å². The zero-order valence-electron chi connectivity index (χ0n) is 15.7.